The van der Waals surface area contributed by atoms with Gasteiger partial charge in [-0.1, -0.05) is 43.5 Å². The molecule has 19 heavy (non-hydrogen) atoms. The minimum Gasteiger partial charge on any atom is -0.389 e. The van der Waals surface area contributed by atoms with Gasteiger partial charge in [0.1, 0.15) is 0 Å². The van der Waals surface area contributed by atoms with Gasteiger partial charge in [-0.15, -0.1) is 0 Å². The Kier molecular flexibility index (Phi) is 5.37. The lowest BCUT2D eigenvalue weighted by atomic mass is 9.85. The largest absolute Gasteiger partial charge is 0.389 e. The third kappa shape index (κ3) is 4.60. The van der Waals surface area contributed by atoms with Gasteiger partial charge in [0.25, 0.3) is 0 Å². The second-order valence-corrected chi connectivity index (χ2v) is 5.64. The molecule has 2 N–H and O–H groups in total. The first-order chi connectivity index (χ1) is 9.22. The number of hydrogen-bond donors (Lipinski definition) is 2. The van der Waals surface area contributed by atoms with Gasteiger partial charge in [-0.05, 0) is 24.0 Å². The Labute approximate surface area is 116 Å². The van der Waals surface area contributed by atoms with Gasteiger partial charge >= 0.3 is 0 Å². The third-order valence-corrected chi connectivity index (χ3v) is 3.87. The second-order valence-electron chi connectivity index (χ2n) is 5.64. The molecular weight excluding hydrogens is 238 g/mol. The van der Waals surface area contributed by atoms with Crippen molar-refractivity contribution in [2.24, 2.45) is 0 Å². The lowest BCUT2D eigenvalue weighted by Gasteiger charge is -2.32. The van der Waals surface area contributed by atoms with Crippen LogP contribution in [0.4, 0.5) is 0 Å². The zero-order chi connectivity index (χ0) is 13.6. The molecular formula is C16H25NO2. The maximum absolute atomic E-state index is 10.4. The Balaban J connectivity index is 1.80. The van der Waals surface area contributed by atoms with Gasteiger partial charge in [0.2, 0.25) is 0 Å². The molecule has 0 bridgehead atoms. The minimum absolute atomic E-state index is 0.484. The fourth-order valence-corrected chi connectivity index (χ4v) is 2.82. The molecule has 2 rings (SSSR count). The summed E-state index contributed by atoms with van der Waals surface area (Å²) >= 11 is 0. The van der Waals surface area contributed by atoms with Crippen molar-refractivity contribution in [2.45, 2.75) is 50.9 Å². The van der Waals surface area contributed by atoms with E-state index in [-0.39, 0.29) is 0 Å². The van der Waals surface area contributed by atoms with Crippen molar-refractivity contribution in [1.82, 2.24) is 5.32 Å². The van der Waals surface area contributed by atoms with E-state index >= 15 is 0 Å². The molecule has 1 aliphatic rings. The van der Waals surface area contributed by atoms with Gasteiger partial charge in [0.05, 0.1) is 12.2 Å². The molecule has 0 aliphatic heterocycles. The molecule has 1 aromatic carbocycles. The minimum atomic E-state index is -0.484. The summed E-state index contributed by atoms with van der Waals surface area (Å²) in [5, 5.41) is 13.8. The van der Waals surface area contributed by atoms with E-state index < -0.39 is 5.60 Å². The Morgan fingerprint density at radius 1 is 1.21 bits per heavy atom. The van der Waals surface area contributed by atoms with Crippen LogP contribution in [0.25, 0.3) is 0 Å². The lowest BCUT2D eigenvalue weighted by Crippen LogP contribution is -2.41. The van der Waals surface area contributed by atoms with Crippen LogP contribution in [0.1, 0.15) is 43.2 Å². The average molecular weight is 263 g/mol. The number of nitrogens with one attached hydrogen (secondary N) is 1. The monoisotopic (exact) mass is 263 g/mol. The summed E-state index contributed by atoms with van der Waals surface area (Å²) in [6.45, 7) is 2.15. The van der Waals surface area contributed by atoms with E-state index in [1.165, 1.54) is 17.5 Å². The van der Waals surface area contributed by atoms with Gasteiger partial charge in [-0.25, -0.2) is 0 Å². The quantitative estimate of drug-likeness (QED) is 0.829. The summed E-state index contributed by atoms with van der Waals surface area (Å²) in [4.78, 5) is 0. The topological polar surface area (TPSA) is 41.5 Å². The number of hydrogen-bond acceptors (Lipinski definition) is 3. The normalized spacial score (nSPS) is 18.4. The van der Waals surface area contributed by atoms with Crippen molar-refractivity contribution in [3.8, 4) is 0 Å². The predicted octanol–water partition coefficient (Wildman–Crippen LogP) is 2.62. The maximum Gasteiger partial charge on any atom is 0.0771 e. The van der Waals surface area contributed by atoms with Crippen LogP contribution in [0.3, 0.4) is 0 Å². The van der Waals surface area contributed by atoms with Crippen molar-refractivity contribution in [3.63, 3.8) is 0 Å². The van der Waals surface area contributed by atoms with E-state index in [1.54, 1.807) is 7.11 Å². The van der Waals surface area contributed by atoms with Crippen LogP contribution >= 0.6 is 0 Å². The van der Waals surface area contributed by atoms with Crippen LogP contribution < -0.4 is 5.32 Å². The van der Waals surface area contributed by atoms with Gasteiger partial charge in [-0.3, -0.25) is 0 Å². The predicted molar refractivity (Wildman–Crippen MR) is 76.9 cm³/mol. The summed E-state index contributed by atoms with van der Waals surface area (Å²) in [6.07, 6.45) is 5.44. The second kappa shape index (κ2) is 7.04. The van der Waals surface area contributed by atoms with Crippen molar-refractivity contribution in [3.05, 3.63) is 35.4 Å². The smallest absolute Gasteiger partial charge is 0.0771 e. The number of ether oxygens (including phenoxy) is 1. The molecule has 1 aliphatic carbocycles. The van der Waals surface area contributed by atoms with Crippen LogP contribution in [-0.2, 0) is 17.9 Å². The van der Waals surface area contributed by atoms with E-state index in [4.69, 9.17) is 4.74 Å². The van der Waals surface area contributed by atoms with Crippen molar-refractivity contribution < 1.29 is 9.84 Å². The molecule has 0 aromatic heterocycles. The highest BCUT2D eigenvalue weighted by Gasteiger charge is 2.28. The standard InChI is InChI=1S/C16H25NO2/c1-19-12-15-7-5-6-14(10-15)11-17-13-16(18)8-3-2-4-9-16/h5-7,10,17-18H,2-4,8-9,11-13H2,1H3. The highest BCUT2D eigenvalue weighted by molar-refractivity contribution is 5.22. The van der Waals surface area contributed by atoms with Gasteiger partial charge < -0.3 is 15.2 Å². The average Bonchev–Trinajstić information content (AvgIpc) is 2.40. The number of rotatable bonds is 6. The van der Waals surface area contributed by atoms with Gasteiger partial charge in [0.15, 0.2) is 0 Å². The molecule has 0 amide bonds. The Morgan fingerprint density at radius 2 is 1.95 bits per heavy atom. The summed E-state index contributed by atoms with van der Waals surface area (Å²) in [5.41, 5.74) is 1.95. The summed E-state index contributed by atoms with van der Waals surface area (Å²) in [6, 6.07) is 8.39. The molecule has 1 saturated carbocycles. The van der Waals surface area contributed by atoms with Crippen molar-refractivity contribution >= 4 is 0 Å². The molecule has 3 heteroatoms. The van der Waals surface area contributed by atoms with Gasteiger partial charge in [-0.2, -0.15) is 0 Å². The zero-order valence-electron chi connectivity index (χ0n) is 11.8. The molecule has 0 unspecified atom stereocenters. The van der Waals surface area contributed by atoms with E-state index in [0.717, 1.165) is 32.2 Å². The first-order valence-electron chi connectivity index (χ1n) is 7.22. The first-order valence-corrected chi connectivity index (χ1v) is 7.22. The van der Waals surface area contributed by atoms with Crippen LogP contribution in [0.5, 0.6) is 0 Å². The number of benzene rings is 1. The molecule has 3 nitrogen and oxygen atoms in total. The van der Waals surface area contributed by atoms with Crippen LogP contribution in [0, 0.1) is 0 Å². The Bertz CT molecular complexity index is 386. The van der Waals surface area contributed by atoms with Crippen molar-refractivity contribution in [1.29, 1.82) is 0 Å². The molecule has 0 atom stereocenters. The van der Waals surface area contributed by atoms with E-state index in [0.29, 0.717) is 13.2 Å². The maximum atomic E-state index is 10.4. The highest BCUT2D eigenvalue weighted by atomic mass is 16.5. The van der Waals surface area contributed by atoms with Crippen LogP contribution in [0.15, 0.2) is 24.3 Å². The highest BCUT2D eigenvalue weighted by Crippen LogP contribution is 2.27. The zero-order valence-corrected chi connectivity index (χ0v) is 11.8. The number of aliphatic hydroxyl groups is 1. The molecule has 0 spiro atoms. The fraction of sp³-hybridized carbons (Fsp3) is 0.625. The molecule has 1 fully saturated rings. The molecule has 0 heterocycles. The Morgan fingerprint density at radius 3 is 2.68 bits per heavy atom. The SMILES string of the molecule is COCc1cccc(CNCC2(O)CCCCC2)c1. The third-order valence-electron chi connectivity index (χ3n) is 3.87. The van der Waals surface area contributed by atoms with Crippen LogP contribution in [-0.4, -0.2) is 24.4 Å². The molecule has 0 radical (unpaired) electrons. The fourth-order valence-electron chi connectivity index (χ4n) is 2.82. The first kappa shape index (κ1) is 14.5. The number of methoxy groups -OCH3 is 1. The van der Waals surface area contributed by atoms with Gasteiger partial charge in [0, 0.05) is 20.2 Å². The van der Waals surface area contributed by atoms with Crippen molar-refractivity contribution in [2.75, 3.05) is 13.7 Å². The van der Waals surface area contributed by atoms with E-state index in [9.17, 15) is 5.11 Å². The summed E-state index contributed by atoms with van der Waals surface area (Å²) < 4.78 is 5.14. The summed E-state index contributed by atoms with van der Waals surface area (Å²) in [5.74, 6) is 0. The van der Waals surface area contributed by atoms with Crippen LogP contribution in [0.2, 0.25) is 0 Å². The lowest BCUT2D eigenvalue weighted by molar-refractivity contribution is 0.00467. The molecule has 106 valence electrons. The van der Waals surface area contributed by atoms with E-state index in [1.807, 2.05) is 0 Å². The summed E-state index contributed by atoms with van der Waals surface area (Å²) in [7, 11) is 1.71. The Hall–Kier alpha value is -0.900. The van der Waals surface area contributed by atoms with E-state index in [2.05, 4.69) is 29.6 Å². The molecule has 0 saturated heterocycles. The molecule has 1 aromatic rings.